The fraction of sp³-hybridized carbons (Fsp3) is 0.150. The van der Waals surface area contributed by atoms with Gasteiger partial charge in [-0.05, 0) is 23.3 Å². The molecule has 1 heterocycles. The van der Waals surface area contributed by atoms with Crippen molar-refractivity contribution in [3.05, 3.63) is 96.3 Å². The molecule has 2 aromatic carbocycles. The third kappa shape index (κ3) is 4.10. The number of aromatic nitrogens is 1. The van der Waals surface area contributed by atoms with E-state index in [0.29, 0.717) is 13.0 Å². The standard InChI is InChI=1S/C20H20N2O/c23-20(21-16-18-11-5-2-6-12-18)19(22-13-7-8-14-22)15-17-9-3-1-4-10-17/h1-14,19H,15-16H2,(H,21,23)/t19-/m0/s1. The van der Waals surface area contributed by atoms with Crippen molar-refractivity contribution in [3.63, 3.8) is 0 Å². The number of rotatable bonds is 6. The third-order valence-electron chi connectivity index (χ3n) is 3.87. The van der Waals surface area contributed by atoms with Crippen LogP contribution in [0.1, 0.15) is 17.2 Å². The van der Waals surface area contributed by atoms with Crippen LogP contribution in [0, 0.1) is 0 Å². The summed E-state index contributed by atoms with van der Waals surface area (Å²) >= 11 is 0. The van der Waals surface area contributed by atoms with Crippen LogP contribution >= 0.6 is 0 Å². The Labute approximate surface area is 136 Å². The first-order valence-electron chi connectivity index (χ1n) is 7.81. The minimum Gasteiger partial charge on any atom is -0.350 e. The zero-order chi connectivity index (χ0) is 15.9. The summed E-state index contributed by atoms with van der Waals surface area (Å²) in [5.74, 6) is 0.0360. The molecule has 3 nitrogen and oxygen atoms in total. The summed E-state index contributed by atoms with van der Waals surface area (Å²) in [5, 5.41) is 3.05. The van der Waals surface area contributed by atoms with Crippen molar-refractivity contribution in [2.45, 2.75) is 19.0 Å². The normalized spacial score (nSPS) is 11.8. The van der Waals surface area contributed by atoms with Gasteiger partial charge in [0.1, 0.15) is 6.04 Å². The average molecular weight is 304 g/mol. The van der Waals surface area contributed by atoms with Crippen LogP contribution in [0.25, 0.3) is 0 Å². The van der Waals surface area contributed by atoms with Crippen molar-refractivity contribution in [1.29, 1.82) is 0 Å². The molecule has 1 aromatic heterocycles. The maximum absolute atomic E-state index is 12.7. The highest BCUT2D eigenvalue weighted by Crippen LogP contribution is 2.15. The number of benzene rings is 2. The first kappa shape index (κ1) is 15.1. The SMILES string of the molecule is O=C(NCc1ccccc1)[C@H](Cc1ccccc1)n1cccc1. The van der Waals surface area contributed by atoms with E-state index in [9.17, 15) is 4.79 Å². The Morgan fingerprint density at radius 1 is 0.826 bits per heavy atom. The molecule has 1 atom stereocenters. The van der Waals surface area contributed by atoms with Gasteiger partial charge in [0.25, 0.3) is 0 Å². The minimum absolute atomic E-state index is 0.0360. The van der Waals surface area contributed by atoms with Crippen molar-refractivity contribution in [1.82, 2.24) is 9.88 Å². The third-order valence-corrected chi connectivity index (χ3v) is 3.87. The maximum atomic E-state index is 12.7. The van der Waals surface area contributed by atoms with Gasteiger partial charge in [-0.1, -0.05) is 60.7 Å². The molecule has 1 amide bonds. The Kier molecular flexibility index (Phi) is 4.89. The smallest absolute Gasteiger partial charge is 0.243 e. The van der Waals surface area contributed by atoms with E-state index in [1.807, 2.05) is 77.6 Å². The zero-order valence-corrected chi connectivity index (χ0v) is 12.9. The molecule has 116 valence electrons. The molecule has 0 aliphatic heterocycles. The Morgan fingerprint density at radius 2 is 1.39 bits per heavy atom. The summed E-state index contributed by atoms with van der Waals surface area (Å²) in [6.07, 6.45) is 4.56. The van der Waals surface area contributed by atoms with E-state index in [-0.39, 0.29) is 11.9 Å². The summed E-state index contributed by atoms with van der Waals surface area (Å²) in [7, 11) is 0. The fourth-order valence-electron chi connectivity index (χ4n) is 2.63. The summed E-state index contributed by atoms with van der Waals surface area (Å²) in [6, 6.07) is 23.7. The second-order valence-electron chi connectivity index (χ2n) is 5.54. The zero-order valence-electron chi connectivity index (χ0n) is 12.9. The van der Waals surface area contributed by atoms with Gasteiger partial charge >= 0.3 is 0 Å². The minimum atomic E-state index is -0.240. The molecule has 23 heavy (non-hydrogen) atoms. The van der Waals surface area contributed by atoms with Gasteiger partial charge in [-0.3, -0.25) is 4.79 Å². The lowest BCUT2D eigenvalue weighted by Gasteiger charge is -2.19. The monoisotopic (exact) mass is 304 g/mol. The van der Waals surface area contributed by atoms with E-state index in [4.69, 9.17) is 0 Å². The second-order valence-corrected chi connectivity index (χ2v) is 5.54. The van der Waals surface area contributed by atoms with Crippen LogP contribution in [0.15, 0.2) is 85.2 Å². The number of amides is 1. The number of hydrogen-bond acceptors (Lipinski definition) is 1. The van der Waals surface area contributed by atoms with E-state index in [1.54, 1.807) is 0 Å². The lowest BCUT2D eigenvalue weighted by atomic mass is 10.0. The van der Waals surface area contributed by atoms with E-state index in [2.05, 4.69) is 17.4 Å². The van der Waals surface area contributed by atoms with Crippen molar-refractivity contribution >= 4 is 5.91 Å². The van der Waals surface area contributed by atoms with E-state index >= 15 is 0 Å². The summed E-state index contributed by atoms with van der Waals surface area (Å²) < 4.78 is 1.97. The van der Waals surface area contributed by atoms with Crippen LogP contribution in [-0.4, -0.2) is 10.5 Å². The Balaban J connectivity index is 1.71. The predicted octanol–water partition coefficient (Wildman–Crippen LogP) is 3.59. The Morgan fingerprint density at radius 3 is 2.00 bits per heavy atom. The fourth-order valence-corrected chi connectivity index (χ4v) is 2.63. The van der Waals surface area contributed by atoms with Crippen LogP contribution in [0.3, 0.4) is 0 Å². The van der Waals surface area contributed by atoms with E-state index in [1.165, 1.54) is 0 Å². The lowest BCUT2D eigenvalue weighted by Crippen LogP contribution is -2.33. The van der Waals surface area contributed by atoms with Crippen LogP contribution in [0.5, 0.6) is 0 Å². The number of carbonyl (C=O) groups is 1. The molecule has 0 saturated carbocycles. The number of nitrogens with zero attached hydrogens (tertiary/aromatic N) is 1. The molecule has 1 N–H and O–H groups in total. The number of carbonyl (C=O) groups excluding carboxylic acids is 1. The summed E-state index contributed by atoms with van der Waals surface area (Å²) in [4.78, 5) is 12.7. The second kappa shape index (κ2) is 7.45. The van der Waals surface area contributed by atoms with Crippen molar-refractivity contribution in [2.24, 2.45) is 0 Å². The molecule has 3 rings (SSSR count). The molecule has 0 spiro atoms. The number of nitrogens with one attached hydrogen (secondary N) is 1. The highest BCUT2D eigenvalue weighted by Gasteiger charge is 2.19. The van der Waals surface area contributed by atoms with Gasteiger partial charge in [0, 0.05) is 25.4 Å². The average Bonchev–Trinajstić information content (AvgIpc) is 3.14. The molecule has 0 fully saturated rings. The highest BCUT2D eigenvalue weighted by atomic mass is 16.2. The van der Waals surface area contributed by atoms with Gasteiger partial charge in [0.15, 0.2) is 0 Å². The topological polar surface area (TPSA) is 34.0 Å². The molecule has 0 radical (unpaired) electrons. The quantitative estimate of drug-likeness (QED) is 0.742. The van der Waals surface area contributed by atoms with Crippen LogP contribution < -0.4 is 5.32 Å². The molecule has 0 bridgehead atoms. The Bertz CT molecular complexity index is 721. The predicted molar refractivity (Wildman–Crippen MR) is 91.9 cm³/mol. The van der Waals surface area contributed by atoms with E-state index < -0.39 is 0 Å². The van der Waals surface area contributed by atoms with Gasteiger partial charge in [-0.25, -0.2) is 0 Å². The molecule has 3 heteroatoms. The van der Waals surface area contributed by atoms with Crippen molar-refractivity contribution in [2.75, 3.05) is 0 Å². The highest BCUT2D eigenvalue weighted by molar-refractivity contribution is 5.80. The molecule has 0 aliphatic rings. The Hall–Kier alpha value is -2.81. The molecular formula is C20H20N2O. The first-order valence-corrected chi connectivity index (χ1v) is 7.81. The summed E-state index contributed by atoms with van der Waals surface area (Å²) in [5.41, 5.74) is 2.26. The number of hydrogen-bond donors (Lipinski definition) is 1. The maximum Gasteiger partial charge on any atom is 0.243 e. The van der Waals surface area contributed by atoms with Gasteiger partial charge in [-0.15, -0.1) is 0 Å². The van der Waals surface area contributed by atoms with Gasteiger partial charge < -0.3 is 9.88 Å². The lowest BCUT2D eigenvalue weighted by molar-refractivity contribution is -0.124. The molecule has 0 unspecified atom stereocenters. The van der Waals surface area contributed by atoms with Gasteiger partial charge in [0.2, 0.25) is 5.91 Å². The van der Waals surface area contributed by atoms with Crippen molar-refractivity contribution in [3.8, 4) is 0 Å². The molecule has 0 aliphatic carbocycles. The van der Waals surface area contributed by atoms with Crippen molar-refractivity contribution < 1.29 is 4.79 Å². The van der Waals surface area contributed by atoms with Crippen LogP contribution in [0.4, 0.5) is 0 Å². The summed E-state index contributed by atoms with van der Waals surface area (Å²) in [6.45, 7) is 0.548. The van der Waals surface area contributed by atoms with Crippen LogP contribution in [-0.2, 0) is 17.8 Å². The largest absolute Gasteiger partial charge is 0.350 e. The molecule has 0 saturated heterocycles. The van der Waals surface area contributed by atoms with E-state index in [0.717, 1.165) is 11.1 Å². The molecular weight excluding hydrogens is 284 g/mol. The van der Waals surface area contributed by atoms with Crippen LogP contribution in [0.2, 0.25) is 0 Å². The van der Waals surface area contributed by atoms with Gasteiger partial charge in [-0.2, -0.15) is 0 Å². The first-order chi connectivity index (χ1) is 11.3. The molecule has 3 aromatic rings. The van der Waals surface area contributed by atoms with Gasteiger partial charge in [0.05, 0.1) is 0 Å².